The van der Waals surface area contributed by atoms with Crippen LogP contribution in [-0.4, -0.2) is 57.3 Å². The SMILES string of the molecule is CCNC(=O)Nc1ccc(-c2nc(N3CCOCC3)cc(C3(S(=O)(=O)c4ccc(F)cc4)CC3)n2)cc1. The van der Waals surface area contributed by atoms with E-state index < -0.39 is 20.4 Å². The normalized spacial score (nSPS) is 16.8. The van der Waals surface area contributed by atoms with Gasteiger partial charge in [0.15, 0.2) is 15.7 Å². The van der Waals surface area contributed by atoms with Crippen LogP contribution in [0, 0.1) is 5.82 Å². The quantitative estimate of drug-likeness (QED) is 0.452. The second-order valence-corrected chi connectivity index (χ2v) is 11.3. The van der Waals surface area contributed by atoms with E-state index in [2.05, 4.69) is 15.5 Å². The van der Waals surface area contributed by atoms with Gasteiger partial charge in [-0.25, -0.2) is 27.6 Å². The van der Waals surface area contributed by atoms with Crippen LogP contribution in [0.25, 0.3) is 11.4 Å². The van der Waals surface area contributed by atoms with Gasteiger partial charge in [0.25, 0.3) is 0 Å². The molecular weight excluding hydrogens is 497 g/mol. The first-order chi connectivity index (χ1) is 17.8. The first-order valence-corrected chi connectivity index (χ1v) is 13.7. The number of benzene rings is 2. The second-order valence-electron chi connectivity index (χ2n) is 9.05. The number of sulfone groups is 1. The average Bonchev–Trinajstić information content (AvgIpc) is 3.73. The summed E-state index contributed by atoms with van der Waals surface area (Å²) in [6.45, 7) is 4.70. The number of nitrogens with one attached hydrogen (secondary N) is 2. The molecule has 1 aliphatic carbocycles. The van der Waals surface area contributed by atoms with Crippen molar-refractivity contribution in [2.45, 2.75) is 29.4 Å². The first-order valence-electron chi connectivity index (χ1n) is 12.2. The molecule has 194 valence electrons. The van der Waals surface area contributed by atoms with E-state index in [9.17, 15) is 17.6 Å². The van der Waals surface area contributed by atoms with E-state index in [1.165, 1.54) is 12.1 Å². The summed E-state index contributed by atoms with van der Waals surface area (Å²) in [5.41, 5.74) is 1.72. The minimum atomic E-state index is -3.82. The molecule has 0 unspecified atom stereocenters. The Kier molecular flexibility index (Phi) is 6.82. The lowest BCUT2D eigenvalue weighted by Crippen LogP contribution is -2.37. The van der Waals surface area contributed by atoms with Crippen LogP contribution in [0.15, 0.2) is 59.5 Å². The molecule has 2 aromatic carbocycles. The molecule has 9 nitrogen and oxygen atoms in total. The highest BCUT2D eigenvalue weighted by molar-refractivity contribution is 7.92. The van der Waals surface area contributed by atoms with Gasteiger partial charge in [-0.2, -0.15) is 0 Å². The number of anilines is 2. The number of nitrogens with zero attached hydrogens (tertiary/aromatic N) is 3. The summed E-state index contributed by atoms with van der Waals surface area (Å²) in [6, 6.07) is 13.4. The molecule has 11 heteroatoms. The molecule has 37 heavy (non-hydrogen) atoms. The molecule has 0 bridgehead atoms. The lowest BCUT2D eigenvalue weighted by atomic mass is 10.1. The molecule has 0 radical (unpaired) electrons. The number of morpholine rings is 1. The first kappa shape index (κ1) is 25.1. The molecule has 0 atom stereocenters. The Morgan fingerprint density at radius 1 is 1.05 bits per heavy atom. The van der Waals surface area contributed by atoms with Gasteiger partial charge in [0.1, 0.15) is 16.4 Å². The summed E-state index contributed by atoms with van der Waals surface area (Å²) in [4.78, 5) is 23.5. The minimum Gasteiger partial charge on any atom is -0.378 e. The summed E-state index contributed by atoms with van der Waals surface area (Å²) >= 11 is 0. The molecule has 2 aliphatic rings. The third-order valence-corrected chi connectivity index (χ3v) is 9.13. The van der Waals surface area contributed by atoms with Gasteiger partial charge < -0.3 is 20.3 Å². The zero-order valence-electron chi connectivity index (χ0n) is 20.4. The topological polar surface area (TPSA) is 114 Å². The molecule has 1 saturated heterocycles. The van der Waals surface area contributed by atoms with Crippen molar-refractivity contribution in [1.29, 1.82) is 0 Å². The Morgan fingerprint density at radius 2 is 1.73 bits per heavy atom. The van der Waals surface area contributed by atoms with Crippen molar-refractivity contribution in [2.24, 2.45) is 0 Å². The van der Waals surface area contributed by atoms with Crippen molar-refractivity contribution >= 4 is 27.4 Å². The number of hydrogen-bond donors (Lipinski definition) is 2. The fraction of sp³-hybridized carbons (Fsp3) is 0.346. The predicted octanol–water partition coefficient (Wildman–Crippen LogP) is 3.72. The van der Waals surface area contributed by atoms with Crippen LogP contribution in [0.3, 0.4) is 0 Å². The number of amides is 2. The molecule has 1 aliphatic heterocycles. The van der Waals surface area contributed by atoms with Gasteiger partial charge in [0, 0.05) is 37.0 Å². The van der Waals surface area contributed by atoms with Gasteiger partial charge in [0.05, 0.1) is 23.8 Å². The van der Waals surface area contributed by atoms with E-state index in [1.54, 1.807) is 30.3 Å². The number of urea groups is 1. The van der Waals surface area contributed by atoms with E-state index in [-0.39, 0.29) is 10.9 Å². The molecule has 0 spiro atoms. The molecule has 3 aromatic rings. The van der Waals surface area contributed by atoms with Crippen LogP contribution in [0.4, 0.5) is 20.7 Å². The van der Waals surface area contributed by atoms with Crippen molar-refractivity contribution in [3.63, 3.8) is 0 Å². The number of carbonyl (C=O) groups is 1. The Bertz CT molecular complexity index is 1390. The lowest BCUT2D eigenvalue weighted by Gasteiger charge is -2.29. The lowest BCUT2D eigenvalue weighted by molar-refractivity contribution is 0.122. The van der Waals surface area contributed by atoms with Crippen molar-refractivity contribution in [2.75, 3.05) is 43.1 Å². The Balaban J connectivity index is 1.54. The van der Waals surface area contributed by atoms with Crippen molar-refractivity contribution < 1.29 is 22.3 Å². The van der Waals surface area contributed by atoms with E-state index in [0.717, 1.165) is 12.1 Å². The highest BCUT2D eigenvalue weighted by Crippen LogP contribution is 2.55. The molecule has 2 heterocycles. The maximum absolute atomic E-state index is 13.7. The molecule has 1 aromatic heterocycles. The molecule has 5 rings (SSSR count). The summed E-state index contributed by atoms with van der Waals surface area (Å²) < 4.78 is 45.2. The van der Waals surface area contributed by atoms with E-state index >= 15 is 0 Å². The zero-order valence-corrected chi connectivity index (χ0v) is 21.2. The standard InChI is InChI=1S/C26H28FN5O4S/c1-2-28-25(33)29-20-7-3-18(4-8-20)24-30-22(17-23(31-24)32-13-15-36-16-14-32)26(11-12-26)37(34,35)21-9-5-19(27)6-10-21/h3-10,17H,2,11-16H2,1H3,(H2,28,29,33). The van der Waals surface area contributed by atoms with Gasteiger partial charge in [0.2, 0.25) is 0 Å². The largest absolute Gasteiger partial charge is 0.378 e. The van der Waals surface area contributed by atoms with Gasteiger partial charge in [-0.15, -0.1) is 0 Å². The highest BCUT2D eigenvalue weighted by Gasteiger charge is 2.58. The van der Waals surface area contributed by atoms with Crippen molar-refractivity contribution in [1.82, 2.24) is 15.3 Å². The summed E-state index contributed by atoms with van der Waals surface area (Å²) in [5.74, 6) is 0.533. The maximum atomic E-state index is 13.7. The third-order valence-electron chi connectivity index (χ3n) is 6.60. The monoisotopic (exact) mass is 525 g/mol. The average molecular weight is 526 g/mol. The van der Waals surface area contributed by atoms with Crippen LogP contribution >= 0.6 is 0 Å². The summed E-state index contributed by atoms with van der Waals surface area (Å²) in [7, 11) is -3.82. The number of rotatable bonds is 7. The van der Waals surface area contributed by atoms with Crippen LogP contribution in [0.1, 0.15) is 25.5 Å². The van der Waals surface area contributed by atoms with Gasteiger partial charge in [-0.05, 0) is 68.3 Å². The zero-order chi connectivity index (χ0) is 26.0. The maximum Gasteiger partial charge on any atom is 0.319 e. The smallest absolute Gasteiger partial charge is 0.319 e. The van der Waals surface area contributed by atoms with E-state index in [4.69, 9.17) is 14.7 Å². The Morgan fingerprint density at radius 3 is 2.35 bits per heavy atom. The molecule has 2 fully saturated rings. The highest BCUT2D eigenvalue weighted by atomic mass is 32.2. The number of carbonyl (C=O) groups excluding carboxylic acids is 1. The number of halogens is 1. The molecule has 1 saturated carbocycles. The minimum absolute atomic E-state index is 0.0697. The van der Waals surface area contributed by atoms with Crippen molar-refractivity contribution in [3.05, 3.63) is 66.1 Å². The summed E-state index contributed by atoms with van der Waals surface area (Å²) in [5, 5.41) is 5.43. The fourth-order valence-corrected chi connectivity index (χ4v) is 6.37. The number of ether oxygens (including phenoxy) is 1. The predicted molar refractivity (Wildman–Crippen MR) is 138 cm³/mol. The van der Waals surface area contributed by atoms with Crippen LogP contribution in [0.2, 0.25) is 0 Å². The van der Waals surface area contributed by atoms with Crippen LogP contribution in [-0.2, 0) is 19.3 Å². The number of hydrogen-bond acceptors (Lipinski definition) is 7. The molecule has 2 N–H and O–H groups in total. The van der Waals surface area contributed by atoms with E-state index in [0.29, 0.717) is 74.3 Å². The van der Waals surface area contributed by atoms with Gasteiger partial charge in [-0.3, -0.25) is 0 Å². The summed E-state index contributed by atoms with van der Waals surface area (Å²) in [6.07, 6.45) is 0.836. The second kappa shape index (κ2) is 10.1. The van der Waals surface area contributed by atoms with Gasteiger partial charge in [-0.1, -0.05) is 0 Å². The van der Waals surface area contributed by atoms with Crippen molar-refractivity contribution in [3.8, 4) is 11.4 Å². The van der Waals surface area contributed by atoms with E-state index in [1.807, 2.05) is 6.92 Å². The fourth-order valence-electron chi connectivity index (χ4n) is 4.41. The Hall–Kier alpha value is -3.57. The van der Waals surface area contributed by atoms with Gasteiger partial charge >= 0.3 is 6.03 Å². The Labute approximate surface area is 215 Å². The third kappa shape index (κ3) is 5.01. The molecule has 2 amide bonds. The molecular formula is C26H28FN5O4S. The number of aromatic nitrogens is 2. The van der Waals surface area contributed by atoms with Crippen LogP contribution < -0.4 is 15.5 Å². The van der Waals surface area contributed by atoms with Crippen LogP contribution in [0.5, 0.6) is 0 Å².